The van der Waals surface area contributed by atoms with Crippen LogP contribution in [0.3, 0.4) is 0 Å². The van der Waals surface area contributed by atoms with E-state index in [1.54, 1.807) is 17.0 Å². The van der Waals surface area contributed by atoms with Crippen molar-refractivity contribution in [2.45, 2.75) is 12.8 Å². The summed E-state index contributed by atoms with van der Waals surface area (Å²) in [4.78, 5) is 33.0. The Morgan fingerprint density at radius 2 is 1.93 bits per heavy atom. The van der Waals surface area contributed by atoms with Gasteiger partial charge < -0.3 is 24.7 Å². The molecule has 0 saturated heterocycles. The molecular weight excluding hydrogens is 370 g/mol. The molecule has 2 aromatic carbocycles. The first kappa shape index (κ1) is 17.4. The molecule has 1 aliphatic heterocycles. The van der Waals surface area contributed by atoms with Crippen LogP contribution in [0.25, 0.3) is 21.8 Å². The summed E-state index contributed by atoms with van der Waals surface area (Å²) in [6, 6.07) is 12.8. The van der Waals surface area contributed by atoms with E-state index in [4.69, 9.17) is 4.74 Å². The summed E-state index contributed by atoms with van der Waals surface area (Å²) in [6.45, 7) is 2.51. The predicted octanol–water partition coefficient (Wildman–Crippen LogP) is 3.91. The van der Waals surface area contributed by atoms with Crippen molar-refractivity contribution in [3.8, 4) is 5.75 Å². The number of anilines is 1. The molecule has 1 amide bonds. The molecule has 0 radical (unpaired) electrons. The molecule has 7 heteroatoms. The molecule has 146 valence electrons. The number of carbonyl (C=O) groups excluding carboxylic acids is 2. The van der Waals surface area contributed by atoms with Gasteiger partial charge in [0.05, 0.1) is 18.3 Å². The molecule has 0 bridgehead atoms. The zero-order valence-electron chi connectivity index (χ0n) is 15.9. The predicted molar refractivity (Wildman–Crippen MR) is 110 cm³/mol. The van der Waals surface area contributed by atoms with Gasteiger partial charge in [-0.25, -0.2) is 4.79 Å². The van der Waals surface area contributed by atoms with Gasteiger partial charge in [-0.3, -0.25) is 4.79 Å². The minimum absolute atomic E-state index is 0.0163. The number of esters is 1. The zero-order chi connectivity index (χ0) is 20.3. The minimum atomic E-state index is -0.508. The molecule has 29 heavy (non-hydrogen) atoms. The number of benzene rings is 2. The van der Waals surface area contributed by atoms with Crippen LogP contribution in [0.5, 0.6) is 5.75 Å². The number of hydrogen-bond acceptors (Lipinski definition) is 4. The van der Waals surface area contributed by atoms with Crippen LogP contribution >= 0.6 is 0 Å². The van der Waals surface area contributed by atoms with Crippen LogP contribution in [0.4, 0.5) is 5.69 Å². The molecule has 1 atom stereocenters. The molecule has 5 rings (SSSR count). The van der Waals surface area contributed by atoms with E-state index in [9.17, 15) is 14.7 Å². The second-order valence-corrected chi connectivity index (χ2v) is 7.38. The number of aromatic nitrogens is 2. The third kappa shape index (κ3) is 2.51. The lowest BCUT2D eigenvalue weighted by Crippen LogP contribution is -2.29. The van der Waals surface area contributed by atoms with Gasteiger partial charge >= 0.3 is 5.97 Å². The van der Waals surface area contributed by atoms with Gasteiger partial charge in [0, 0.05) is 34.8 Å². The van der Waals surface area contributed by atoms with Gasteiger partial charge in [-0.15, -0.1) is 0 Å². The van der Waals surface area contributed by atoms with Crippen molar-refractivity contribution < 1.29 is 19.4 Å². The largest absolute Gasteiger partial charge is 0.506 e. The number of H-pyrrole nitrogens is 2. The maximum atomic E-state index is 13.3. The highest BCUT2D eigenvalue weighted by molar-refractivity contribution is 6.11. The summed E-state index contributed by atoms with van der Waals surface area (Å²) in [6.07, 6.45) is 0. The van der Waals surface area contributed by atoms with Gasteiger partial charge in [0.25, 0.3) is 5.91 Å². The van der Waals surface area contributed by atoms with E-state index in [1.165, 1.54) is 7.11 Å². The highest BCUT2D eigenvalue weighted by Crippen LogP contribution is 2.45. The first-order valence-electron chi connectivity index (χ1n) is 9.34. The standard InChI is InChI=1S/C22H19N3O4/c1-11-10-25(21(27)15-7-12-5-3-4-6-14(12)23-15)17-9-18(26)20-13(19(11)17)8-16(24-20)22(28)29-2/h3-9,11,23-24,26H,10H2,1-2H3. The quantitative estimate of drug-likeness (QED) is 0.453. The molecule has 2 aromatic heterocycles. The molecule has 0 saturated carbocycles. The molecule has 0 spiro atoms. The fourth-order valence-corrected chi connectivity index (χ4v) is 4.24. The van der Waals surface area contributed by atoms with Crippen molar-refractivity contribution in [2.24, 2.45) is 0 Å². The topological polar surface area (TPSA) is 98.4 Å². The normalized spacial score (nSPS) is 15.8. The average Bonchev–Trinajstić information content (AvgIpc) is 3.42. The fraction of sp³-hybridized carbons (Fsp3) is 0.182. The Balaban J connectivity index is 1.63. The average molecular weight is 389 g/mol. The highest BCUT2D eigenvalue weighted by atomic mass is 16.5. The minimum Gasteiger partial charge on any atom is -0.506 e. The number of carbonyl (C=O) groups is 2. The number of methoxy groups -OCH3 is 1. The molecule has 3 N–H and O–H groups in total. The van der Waals surface area contributed by atoms with Gasteiger partial charge in [-0.1, -0.05) is 25.1 Å². The molecular formula is C22H19N3O4. The summed E-state index contributed by atoms with van der Waals surface area (Å²) in [7, 11) is 1.31. The summed E-state index contributed by atoms with van der Waals surface area (Å²) in [5.41, 5.74) is 3.70. The molecule has 7 nitrogen and oxygen atoms in total. The maximum Gasteiger partial charge on any atom is 0.354 e. The van der Waals surface area contributed by atoms with Crippen molar-refractivity contribution >= 4 is 39.4 Å². The van der Waals surface area contributed by atoms with E-state index in [0.717, 1.165) is 21.9 Å². The van der Waals surface area contributed by atoms with Gasteiger partial charge in [0.1, 0.15) is 17.1 Å². The Bertz CT molecular complexity index is 1270. The number of phenols is 1. The number of aromatic amines is 2. The summed E-state index contributed by atoms with van der Waals surface area (Å²) in [5.74, 6) is -0.638. The number of amides is 1. The van der Waals surface area contributed by atoms with Crippen molar-refractivity contribution in [1.29, 1.82) is 0 Å². The number of ether oxygens (including phenoxy) is 1. The molecule has 0 aliphatic carbocycles. The van der Waals surface area contributed by atoms with Crippen LogP contribution in [0.15, 0.2) is 42.5 Å². The second-order valence-electron chi connectivity index (χ2n) is 7.38. The monoisotopic (exact) mass is 389 g/mol. The lowest BCUT2D eigenvalue weighted by atomic mass is 9.99. The molecule has 1 unspecified atom stereocenters. The molecule has 4 aromatic rings. The van der Waals surface area contributed by atoms with Crippen molar-refractivity contribution in [2.75, 3.05) is 18.6 Å². The number of nitrogens with zero attached hydrogens (tertiary/aromatic N) is 1. The Kier molecular flexibility index (Phi) is 3.67. The Hall–Kier alpha value is -3.74. The number of para-hydroxylation sites is 1. The summed E-state index contributed by atoms with van der Waals surface area (Å²) < 4.78 is 4.78. The molecule has 3 heterocycles. The van der Waals surface area contributed by atoms with E-state index >= 15 is 0 Å². The summed E-state index contributed by atoms with van der Waals surface area (Å²) in [5, 5.41) is 12.2. The van der Waals surface area contributed by atoms with Crippen LogP contribution in [0.2, 0.25) is 0 Å². The van der Waals surface area contributed by atoms with Gasteiger partial charge in [0.15, 0.2) is 0 Å². The third-order valence-electron chi connectivity index (χ3n) is 5.56. The van der Waals surface area contributed by atoms with E-state index < -0.39 is 5.97 Å². The molecule has 0 fully saturated rings. The van der Waals surface area contributed by atoms with Crippen LogP contribution in [-0.2, 0) is 4.74 Å². The van der Waals surface area contributed by atoms with Crippen LogP contribution < -0.4 is 4.90 Å². The van der Waals surface area contributed by atoms with Crippen molar-refractivity contribution in [3.63, 3.8) is 0 Å². The van der Waals surface area contributed by atoms with Crippen LogP contribution in [-0.4, -0.2) is 40.6 Å². The van der Waals surface area contributed by atoms with Crippen molar-refractivity contribution in [3.05, 3.63) is 59.4 Å². The fourth-order valence-electron chi connectivity index (χ4n) is 4.24. The maximum absolute atomic E-state index is 13.3. The van der Waals surface area contributed by atoms with E-state index in [0.29, 0.717) is 23.4 Å². The zero-order valence-corrected chi connectivity index (χ0v) is 15.9. The van der Waals surface area contributed by atoms with Gasteiger partial charge in [0.2, 0.25) is 0 Å². The number of aromatic hydroxyl groups is 1. The number of fused-ring (bicyclic) bond motifs is 4. The third-order valence-corrected chi connectivity index (χ3v) is 5.56. The van der Waals surface area contributed by atoms with E-state index in [1.807, 2.05) is 37.3 Å². The van der Waals surface area contributed by atoms with Gasteiger partial charge in [-0.2, -0.15) is 0 Å². The molecule has 1 aliphatic rings. The smallest absolute Gasteiger partial charge is 0.354 e. The number of phenolic OH excluding ortho intramolecular Hbond substituents is 1. The first-order chi connectivity index (χ1) is 14.0. The SMILES string of the molecule is COC(=O)c1cc2c3c(cc(O)c2[nH]1)N(C(=O)c1cc2ccccc2[nH]1)CC3C. The second kappa shape index (κ2) is 6.13. The Morgan fingerprint density at radius 1 is 1.14 bits per heavy atom. The lowest BCUT2D eigenvalue weighted by molar-refractivity contribution is 0.0595. The highest BCUT2D eigenvalue weighted by Gasteiger charge is 2.34. The lowest BCUT2D eigenvalue weighted by Gasteiger charge is -2.17. The number of hydrogen-bond donors (Lipinski definition) is 3. The van der Waals surface area contributed by atoms with Crippen molar-refractivity contribution in [1.82, 2.24) is 9.97 Å². The van der Waals surface area contributed by atoms with Crippen LogP contribution in [0, 0.1) is 0 Å². The van der Waals surface area contributed by atoms with Gasteiger partial charge in [-0.05, 0) is 23.8 Å². The van der Waals surface area contributed by atoms with Crippen LogP contribution in [0.1, 0.15) is 39.4 Å². The summed E-state index contributed by atoms with van der Waals surface area (Å²) >= 11 is 0. The first-order valence-corrected chi connectivity index (χ1v) is 9.34. The Morgan fingerprint density at radius 3 is 2.69 bits per heavy atom. The number of rotatable bonds is 2. The Labute approximate surface area is 165 Å². The number of nitrogens with one attached hydrogen (secondary N) is 2. The van der Waals surface area contributed by atoms with E-state index in [2.05, 4.69) is 9.97 Å². The van der Waals surface area contributed by atoms with E-state index in [-0.39, 0.29) is 23.3 Å².